The van der Waals surface area contributed by atoms with E-state index in [1.54, 1.807) is 19.9 Å². The molecule has 1 rings (SSSR count). The van der Waals surface area contributed by atoms with Gasteiger partial charge < -0.3 is 5.11 Å². The van der Waals surface area contributed by atoms with Crippen LogP contribution in [-0.4, -0.2) is 35.3 Å². The van der Waals surface area contributed by atoms with Crippen LogP contribution in [0.5, 0.6) is 5.75 Å². The Bertz CT molecular complexity index is 663. The van der Waals surface area contributed by atoms with Crippen LogP contribution < -0.4 is 0 Å². The minimum atomic E-state index is -4.04. The Morgan fingerprint density at radius 1 is 1.50 bits per heavy atom. The summed E-state index contributed by atoms with van der Waals surface area (Å²) < 4.78 is 25.6. The van der Waals surface area contributed by atoms with Crippen molar-refractivity contribution >= 4 is 15.7 Å². The van der Waals surface area contributed by atoms with E-state index in [4.69, 9.17) is 5.26 Å². The quantitative estimate of drug-likeness (QED) is 0.495. The van der Waals surface area contributed by atoms with Crippen molar-refractivity contribution in [1.82, 2.24) is 4.31 Å². The Labute approximate surface area is 116 Å². The van der Waals surface area contributed by atoms with Crippen molar-refractivity contribution in [1.29, 1.82) is 5.26 Å². The van der Waals surface area contributed by atoms with Crippen LogP contribution in [0, 0.1) is 21.4 Å². The van der Waals surface area contributed by atoms with Crippen LogP contribution in [0.3, 0.4) is 0 Å². The largest absolute Gasteiger partial charge is 0.502 e. The summed E-state index contributed by atoms with van der Waals surface area (Å²) in [5, 5.41) is 28.7. The number of nitrogens with zero attached hydrogens (tertiary/aromatic N) is 3. The summed E-state index contributed by atoms with van der Waals surface area (Å²) in [5.41, 5.74) is -0.702. The van der Waals surface area contributed by atoms with E-state index in [0.717, 1.165) is 22.5 Å². The molecule has 108 valence electrons. The number of phenolic OH excluding ortho intramolecular Hbond substituents is 1. The predicted octanol–water partition coefficient (Wildman–Crippen LogP) is 1.22. The molecule has 0 saturated carbocycles. The molecule has 0 bridgehead atoms. The van der Waals surface area contributed by atoms with Gasteiger partial charge in [0.15, 0.2) is 5.75 Å². The van der Waals surface area contributed by atoms with Crippen LogP contribution in [-0.2, 0) is 10.0 Å². The number of nitro groups is 1. The van der Waals surface area contributed by atoms with Gasteiger partial charge in [-0.25, -0.2) is 8.42 Å². The second-order valence-electron chi connectivity index (χ2n) is 4.21. The fourth-order valence-electron chi connectivity index (χ4n) is 1.56. The van der Waals surface area contributed by atoms with Crippen molar-refractivity contribution in [3.05, 3.63) is 28.3 Å². The molecule has 0 radical (unpaired) electrons. The van der Waals surface area contributed by atoms with Crippen LogP contribution in [0.15, 0.2) is 23.1 Å². The summed E-state index contributed by atoms with van der Waals surface area (Å²) in [6.07, 6.45) is 0. The van der Waals surface area contributed by atoms with Crippen molar-refractivity contribution < 1.29 is 18.4 Å². The molecule has 1 aromatic carbocycles. The highest BCUT2D eigenvalue weighted by molar-refractivity contribution is 7.89. The average molecular weight is 299 g/mol. The first-order chi connectivity index (χ1) is 9.21. The Morgan fingerprint density at radius 2 is 2.10 bits per heavy atom. The third-order valence-corrected chi connectivity index (χ3v) is 4.57. The van der Waals surface area contributed by atoms with E-state index >= 15 is 0 Å². The maximum atomic E-state index is 12.3. The second kappa shape index (κ2) is 5.85. The Morgan fingerprint density at radius 3 is 2.55 bits per heavy atom. The van der Waals surface area contributed by atoms with Crippen molar-refractivity contribution in [2.75, 3.05) is 6.54 Å². The van der Waals surface area contributed by atoms with E-state index in [-0.39, 0.29) is 11.4 Å². The molecule has 0 aliphatic rings. The SMILES string of the molecule is CC(C)N(CC#N)S(=O)(=O)c1ccc(O)c([N+](=O)[O-])c1. The maximum Gasteiger partial charge on any atom is 0.312 e. The normalized spacial score (nSPS) is 11.6. The molecule has 20 heavy (non-hydrogen) atoms. The molecule has 0 fully saturated rings. The fourth-order valence-corrected chi connectivity index (χ4v) is 3.11. The number of phenols is 1. The van der Waals surface area contributed by atoms with Gasteiger partial charge in [0, 0.05) is 12.1 Å². The minimum Gasteiger partial charge on any atom is -0.502 e. The molecule has 1 N–H and O–H groups in total. The van der Waals surface area contributed by atoms with Crippen molar-refractivity contribution in [2.24, 2.45) is 0 Å². The number of nitro benzene ring substituents is 1. The van der Waals surface area contributed by atoms with Crippen LogP contribution in [0.2, 0.25) is 0 Å². The lowest BCUT2D eigenvalue weighted by atomic mass is 10.3. The zero-order valence-electron chi connectivity index (χ0n) is 10.8. The Kier molecular flexibility index (Phi) is 4.65. The molecule has 9 heteroatoms. The first kappa shape index (κ1) is 15.9. The molecular weight excluding hydrogens is 286 g/mol. The summed E-state index contributed by atoms with van der Waals surface area (Å²) in [5.74, 6) is -0.620. The zero-order chi connectivity index (χ0) is 15.5. The lowest BCUT2D eigenvalue weighted by molar-refractivity contribution is -0.386. The molecule has 0 heterocycles. The lowest BCUT2D eigenvalue weighted by Crippen LogP contribution is -2.37. The van der Waals surface area contributed by atoms with Gasteiger partial charge in [-0.1, -0.05) is 0 Å². The van der Waals surface area contributed by atoms with E-state index in [0.29, 0.717) is 0 Å². The highest BCUT2D eigenvalue weighted by Crippen LogP contribution is 2.29. The third-order valence-electron chi connectivity index (χ3n) is 2.55. The predicted molar refractivity (Wildman–Crippen MR) is 69.4 cm³/mol. The number of rotatable bonds is 5. The lowest BCUT2D eigenvalue weighted by Gasteiger charge is -2.22. The highest BCUT2D eigenvalue weighted by Gasteiger charge is 2.29. The number of nitriles is 1. The molecule has 0 aromatic heterocycles. The van der Waals surface area contributed by atoms with E-state index in [9.17, 15) is 23.6 Å². The maximum absolute atomic E-state index is 12.3. The summed E-state index contributed by atoms with van der Waals surface area (Å²) in [6, 6.07) is 4.03. The zero-order valence-corrected chi connectivity index (χ0v) is 11.7. The number of aromatic hydroxyl groups is 1. The number of hydrogen-bond donors (Lipinski definition) is 1. The molecule has 0 amide bonds. The van der Waals surface area contributed by atoms with Crippen molar-refractivity contribution in [2.45, 2.75) is 24.8 Å². The van der Waals surface area contributed by atoms with Gasteiger partial charge >= 0.3 is 5.69 Å². The topological polar surface area (TPSA) is 125 Å². The number of hydrogen-bond acceptors (Lipinski definition) is 6. The monoisotopic (exact) mass is 299 g/mol. The summed E-state index contributed by atoms with van der Waals surface area (Å²) >= 11 is 0. The van der Waals surface area contributed by atoms with Gasteiger partial charge in [0.25, 0.3) is 0 Å². The van der Waals surface area contributed by atoms with Crippen molar-refractivity contribution in [3.8, 4) is 11.8 Å². The molecule has 0 spiro atoms. The van der Waals surface area contributed by atoms with Gasteiger partial charge in [-0.05, 0) is 26.0 Å². The standard InChI is InChI=1S/C11H13N3O5S/c1-8(2)13(6-5-12)20(18,19)9-3-4-11(15)10(7-9)14(16)17/h3-4,7-8,15H,6H2,1-2H3. The number of benzene rings is 1. The molecule has 0 atom stereocenters. The van der Waals surface area contributed by atoms with Gasteiger partial charge in [0.1, 0.15) is 6.54 Å². The molecule has 8 nitrogen and oxygen atoms in total. The molecule has 0 unspecified atom stereocenters. The van der Waals surface area contributed by atoms with E-state index < -0.39 is 32.4 Å². The van der Waals surface area contributed by atoms with Gasteiger partial charge in [0.2, 0.25) is 10.0 Å². The first-order valence-corrected chi connectivity index (χ1v) is 7.02. The first-order valence-electron chi connectivity index (χ1n) is 5.58. The van der Waals surface area contributed by atoms with Crippen LogP contribution in [0.25, 0.3) is 0 Å². The Hall–Kier alpha value is -2.18. The molecular formula is C11H13N3O5S. The summed E-state index contributed by atoms with van der Waals surface area (Å²) in [6.45, 7) is 2.81. The van der Waals surface area contributed by atoms with Crippen molar-refractivity contribution in [3.63, 3.8) is 0 Å². The summed E-state index contributed by atoms with van der Waals surface area (Å²) in [7, 11) is -4.04. The van der Waals surface area contributed by atoms with Crippen LogP contribution in [0.4, 0.5) is 5.69 Å². The van der Waals surface area contributed by atoms with Gasteiger partial charge in [-0.15, -0.1) is 0 Å². The van der Waals surface area contributed by atoms with Gasteiger partial charge in [-0.3, -0.25) is 10.1 Å². The molecule has 0 aliphatic heterocycles. The average Bonchev–Trinajstić information content (AvgIpc) is 2.35. The molecule has 0 aliphatic carbocycles. The summed E-state index contributed by atoms with van der Waals surface area (Å²) in [4.78, 5) is 9.50. The van der Waals surface area contributed by atoms with E-state index in [1.165, 1.54) is 0 Å². The smallest absolute Gasteiger partial charge is 0.312 e. The van der Waals surface area contributed by atoms with Crippen LogP contribution in [0.1, 0.15) is 13.8 Å². The van der Waals surface area contributed by atoms with Gasteiger partial charge in [0.05, 0.1) is 15.9 Å². The van der Waals surface area contributed by atoms with Gasteiger partial charge in [-0.2, -0.15) is 9.57 Å². The fraction of sp³-hybridized carbons (Fsp3) is 0.364. The van der Waals surface area contributed by atoms with E-state index in [2.05, 4.69) is 0 Å². The van der Waals surface area contributed by atoms with E-state index in [1.807, 2.05) is 0 Å². The highest BCUT2D eigenvalue weighted by atomic mass is 32.2. The number of sulfonamides is 1. The Balaban J connectivity index is 3.39. The second-order valence-corrected chi connectivity index (χ2v) is 6.10. The third kappa shape index (κ3) is 3.04. The molecule has 0 saturated heterocycles. The van der Waals surface area contributed by atoms with Crippen LogP contribution >= 0.6 is 0 Å². The minimum absolute atomic E-state index is 0.342. The molecule has 1 aromatic rings.